The highest BCUT2D eigenvalue weighted by Crippen LogP contribution is 2.35. The van der Waals surface area contributed by atoms with Crippen LogP contribution in [0.2, 0.25) is 0 Å². The van der Waals surface area contributed by atoms with Crippen LogP contribution >= 0.6 is 0 Å². The third-order valence-electron chi connectivity index (χ3n) is 5.67. The van der Waals surface area contributed by atoms with E-state index in [1.807, 2.05) is 37.3 Å². The highest BCUT2D eigenvalue weighted by Gasteiger charge is 2.35. The first-order valence-electron chi connectivity index (χ1n) is 10.3. The van der Waals surface area contributed by atoms with Gasteiger partial charge in [-0.05, 0) is 76.2 Å². The molecule has 0 spiro atoms. The van der Waals surface area contributed by atoms with Gasteiger partial charge in [-0.3, -0.25) is 4.79 Å². The summed E-state index contributed by atoms with van der Waals surface area (Å²) in [5.74, 6) is 1.18. The summed E-state index contributed by atoms with van der Waals surface area (Å²) in [5.41, 5.74) is 5.36. The zero-order chi connectivity index (χ0) is 20.5. The summed E-state index contributed by atoms with van der Waals surface area (Å²) in [7, 11) is 4.10. The topological polar surface area (TPSA) is 45.1 Å². The summed E-state index contributed by atoms with van der Waals surface area (Å²) in [4.78, 5) is 14.9. The average molecular weight is 392 g/mol. The Balaban J connectivity index is 1.64. The average Bonchev–Trinajstić information content (AvgIpc) is 2.67. The van der Waals surface area contributed by atoms with Gasteiger partial charge in [-0.2, -0.15) is 5.10 Å². The first kappa shape index (κ1) is 19.6. The molecule has 1 aliphatic carbocycles. The number of aryl methyl sites for hydroxylation is 2. The maximum atomic E-state index is 12.8. The molecule has 0 bridgehead atoms. The molecule has 0 radical (unpaired) electrons. The van der Waals surface area contributed by atoms with Crippen molar-refractivity contribution in [3.63, 3.8) is 0 Å². The van der Waals surface area contributed by atoms with Crippen LogP contribution in [0.3, 0.4) is 0 Å². The van der Waals surface area contributed by atoms with Gasteiger partial charge in [0.25, 0.3) is 0 Å². The van der Waals surface area contributed by atoms with Crippen molar-refractivity contribution < 1.29 is 9.53 Å². The van der Waals surface area contributed by atoms with Crippen LogP contribution in [0.4, 0.5) is 5.69 Å². The number of benzene rings is 2. The summed E-state index contributed by atoms with van der Waals surface area (Å²) in [5, 5.41) is 6.44. The number of amides is 1. The number of para-hydroxylation sites is 1. The fraction of sp³-hybridized carbons (Fsp3) is 0.417. The van der Waals surface area contributed by atoms with Gasteiger partial charge in [0.1, 0.15) is 11.9 Å². The maximum Gasteiger partial charge on any atom is 0.248 e. The molecular formula is C24H29N3O2. The lowest BCUT2D eigenvalue weighted by Gasteiger charge is -2.34. The first-order valence-corrected chi connectivity index (χ1v) is 10.3. The zero-order valence-corrected chi connectivity index (χ0v) is 17.7. The second kappa shape index (κ2) is 7.99. The minimum absolute atomic E-state index is 0.0777. The largest absolute Gasteiger partial charge is 0.489 e. The molecule has 1 heterocycles. The smallest absolute Gasteiger partial charge is 0.248 e. The van der Waals surface area contributed by atoms with Crippen molar-refractivity contribution in [2.75, 3.05) is 25.6 Å². The van der Waals surface area contributed by atoms with Crippen molar-refractivity contribution in [3.8, 4) is 5.75 Å². The van der Waals surface area contributed by atoms with Gasteiger partial charge in [0, 0.05) is 24.4 Å². The number of hydrogen-bond acceptors (Lipinski definition) is 4. The summed E-state index contributed by atoms with van der Waals surface area (Å²) in [6, 6.07) is 14.2. The standard InChI is InChI=1S/C24H29N3O2/c1-16-7-5-6-8-22(16)27-23(28)14-19-10-9-18-13-20(29-17(2)15-26(3)4)11-12-21(18)24(19)25-27/h5-8,11-13,17,19H,9-10,14-15H2,1-4H3. The number of ether oxygens (including phenoxy) is 1. The molecule has 0 saturated carbocycles. The fourth-order valence-electron chi connectivity index (χ4n) is 4.35. The molecule has 0 aromatic heterocycles. The van der Waals surface area contributed by atoms with E-state index in [2.05, 4.69) is 38.1 Å². The molecule has 29 heavy (non-hydrogen) atoms. The van der Waals surface area contributed by atoms with Crippen LogP contribution < -0.4 is 9.75 Å². The van der Waals surface area contributed by atoms with Crippen molar-refractivity contribution in [1.29, 1.82) is 0 Å². The van der Waals surface area contributed by atoms with Gasteiger partial charge in [-0.1, -0.05) is 18.2 Å². The molecule has 1 aliphatic heterocycles. The Morgan fingerprint density at radius 2 is 2.03 bits per heavy atom. The minimum Gasteiger partial charge on any atom is -0.489 e. The third-order valence-corrected chi connectivity index (χ3v) is 5.67. The highest BCUT2D eigenvalue weighted by molar-refractivity contribution is 6.11. The molecule has 2 aliphatic rings. The van der Waals surface area contributed by atoms with E-state index in [9.17, 15) is 4.79 Å². The van der Waals surface area contributed by atoms with E-state index < -0.39 is 0 Å². The van der Waals surface area contributed by atoms with Crippen molar-refractivity contribution in [3.05, 3.63) is 59.2 Å². The molecule has 2 aromatic rings. The number of hydrogen-bond donors (Lipinski definition) is 0. The second-order valence-corrected chi connectivity index (χ2v) is 8.43. The Bertz CT molecular complexity index is 951. The van der Waals surface area contributed by atoms with E-state index in [0.717, 1.165) is 47.7 Å². The molecule has 2 atom stereocenters. The predicted molar refractivity (Wildman–Crippen MR) is 117 cm³/mol. The Morgan fingerprint density at radius 1 is 1.24 bits per heavy atom. The molecular weight excluding hydrogens is 362 g/mol. The van der Waals surface area contributed by atoms with Crippen LogP contribution in [-0.2, 0) is 11.2 Å². The minimum atomic E-state index is 0.0777. The number of anilines is 1. The number of likely N-dealkylation sites (N-methyl/N-ethyl adjacent to an activating group) is 1. The van der Waals surface area contributed by atoms with E-state index in [1.165, 1.54) is 5.56 Å². The van der Waals surface area contributed by atoms with Crippen LogP contribution in [0.25, 0.3) is 0 Å². The predicted octanol–water partition coefficient (Wildman–Crippen LogP) is 4.03. The monoisotopic (exact) mass is 391 g/mol. The van der Waals surface area contributed by atoms with Crippen molar-refractivity contribution in [1.82, 2.24) is 4.90 Å². The normalized spacial score (nSPS) is 19.5. The molecule has 0 saturated heterocycles. The molecule has 1 amide bonds. The molecule has 0 N–H and O–H groups in total. The van der Waals surface area contributed by atoms with Crippen LogP contribution in [0.1, 0.15) is 36.5 Å². The molecule has 5 nitrogen and oxygen atoms in total. The van der Waals surface area contributed by atoms with Gasteiger partial charge >= 0.3 is 0 Å². The number of hydrazone groups is 1. The summed E-state index contributed by atoms with van der Waals surface area (Å²) < 4.78 is 6.10. The lowest BCUT2D eigenvalue weighted by molar-refractivity contribution is -0.119. The van der Waals surface area contributed by atoms with E-state index >= 15 is 0 Å². The Labute approximate surface area is 173 Å². The quantitative estimate of drug-likeness (QED) is 0.773. The Kier molecular flexibility index (Phi) is 5.41. The summed E-state index contributed by atoms with van der Waals surface area (Å²) in [6.45, 7) is 4.98. The van der Waals surface area contributed by atoms with Gasteiger partial charge in [0.05, 0.1) is 11.4 Å². The van der Waals surface area contributed by atoms with Crippen molar-refractivity contribution in [2.24, 2.45) is 11.0 Å². The number of fused-ring (bicyclic) bond motifs is 3. The van der Waals surface area contributed by atoms with Crippen molar-refractivity contribution in [2.45, 2.75) is 39.2 Å². The lowest BCUT2D eigenvalue weighted by Crippen LogP contribution is -2.39. The van der Waals surface area contributed by atoms with Gasteiger partial charge in [-0.15, -0.1) is 0 Å². The van der Waals surface area contributed by atoms with Gasteiger partial charge in [0.15, 0.2) is 0 Å². The fourth-order valence-corrected chi connectivity index (χ4v) is 4.35. The number of rotatable bonds is 5. The van der Waals surface area contributed by atoms with E-state index in [1.54, 1.807) is 5.01 Å². The van der Waals surface area contributed by atoms with Crippen molar-refractivity contribution >= 4 is 17.3 Å². The van der Waals surface area contributed by atoms with Gasteiger partial charge < -0.3 is 9.64 Å². The van der Waals surface area contributed by atoms with Crippen LogP contribution in [0, 0.1) is 12.8 Å². The third kappa shape index (κ3) is 4.06. The van der Waals surface area contributed by atoms with E-state index in [0.29, 0.717) is 6.42 Å². The SMILES string of the molecule is Cc1ccccc1N1N=C2c3ccc(OC(C)CN(C)C)cc3CCC2CC1=O. The van der Waals surface area contributed by atoms with Crippen LogP contribution in [0.5, 0.6) is 5.75 Å². The Morgan fingerprint density at radius 3 is 2.79 bits per heavy atom. The lowest BCUT2D eigenvalue weighted by atomic mass is 9.79. The van der Waals surface area contributed by atoms with E-state index in [-0.39, 0.29) is 17.9 Å². The Hall–Kier alpha value is -2.66. The summed E-state index contributed by atoms with van der Waals surface area (Å²) >= 11 is 0. The molecule has 152 valence electrons. The van der Waals surface area contributed by atoms with E-state index in [4.69, 9.17) is 9.84 Å². The number of carbonyl (C=O) groups excluding carboxylic acids is 1. The first-order chi connectivity index (χ1) is 13.9. The van der Waals surface area contributed by atoms with Gasteiger partial charge in [0.2, 0.25) is 5.91 Å². The molecule has 5 heteroatoms. The van der Waals surface area contributed by atoms with Crippen LogP contribution in [-0.4, -0.2) is 43.3 Å². The van der Waals surface area contributed by atoms with Crippen LogP contribution in [0.15, 0.2) is 47.6 Å². The molecule has 4 rings (SSSR count). The maximum absolute atomic E-state index is 12.8. The second-order valence-electron chi connectivity index (χ2n) is 8.43. The number of nitrogens with zero attached hydrogens (tertiary/aromatic N) is 3. The zero-order valence-electron chi connectivity index (χ0n) is 17.7. The molecule has 2 unspecified atom stereocenters. The molecule has 2 aromatic carbocycles. The number of carbonyl (C=O) groups is 1. The highest BCUT2D eigenvalue weighted by atomic mass is 16.5. The summed E-state index contributed by atoms with van der Waals surface area (Å²) in [6.07, 6.45) is 2.55. The molecule has 0 fully saturated rings. The van der Waals surface area contributed by atoms with Gasteiger partial charge in [-0.25, -0.2) is 5.01 Å².